The Hall–Kier alpha value is -3.68. The number of fused-ring (bicyclic) bond motifs is 8. The number of nitrogens with zero attached hydrogens (tertiary/aromatic N) is 6. The zero-order chi connectivity index (χ0) is 39.9. The van der Waals surface area contributed by atoms with Crippen LogP contribution in [0.2, 0.25) is 0 Å². The molecule has 3 aromatic rings. The molecule has 0 saturated carbocycles. The molecule has 306 valence electrons. The number of hydrogen-bond donors (Lipinski definition) is 2. The molecule has 0 radical (unpaired) electrons. The van der Waals surface area contributed by atoms with E-state index in [1.807, 2.05) is 0 Å². The van der Waals surface area contributed by atoms with Gasteiger partial charge in [-0.2, -0.15) is 0 Å². The van der Waals surface area contributed by atoms with Crippen LogP contribution in [0.4, 0.5) is 0 Å². The highest BCUT2D eigenvalue weighted by Crippen LogP contribution is 2.39. The summed E-state index contributed by atoms with van der Waals surface area (Å²) in [7, 11) is 0. The number of rotatable bonds is 24. The van der Waals surface area contributed by atoms with E-state index in [1.165, 1.54) is 44.5 Å². The van der Waals surface area contributed by atoms with Crippen molar-refractivity contribution in [1.82, 2.24) is 39.9 Å². The fourth-order valence-corrected chi connectivity index (χ4v) is 8.24. The van der Waals surface area contributed by atoms with Gasteiger partial charge in [0.1, 0.15) is 22.6 Å². The molecule has 0 unspecified atom stereocenters. The molecule has 5 rings (SSSR count). The molecule has 0 atom stereocenters. The summed E-state index contributed by atoms with van der Waals surface area (Å²) in [6.07, 6.45) is 25.5. The van der Waals surface area contributed by atoms with Gasteiger partial charge in [-0.25, -0.2) is 29.9 Å². The Morgan fingerprint density at radius 1 is 0.268 bits per heavy atom. The molecule has 8 nitrogen and oxygen atoms in total. The maximum absolute atomic E-state index is 5.58. The van der Waals surface area contributed by atoms with Crippen LogP contribution in [0.5, 0.6) is 0 Å². The zero-order valence-electron chi connectivity index (χ0n) is 36.7. The third kappa shape index (κ3) is 10.4. The van der Waals surface area contributed by atoms with Gasteiger partial charge < -0.3 is 9.97 Å². The molecule has 0 saturated heterocycles. The van der Waals surface area contributed by atoms with E-state index >= 15 is 0 Å². The summed E-state index contributed by atoms with van der Waals surface area (Å²) < 4.78 is 0. The van der Waals surface area contributed by atoms with E-state index in [0.29, 0.717) is 0 Å². The van der Waals surface area contributed by atoms with Gasteiger partial charge in [0.05, 0.1) is 0 Å². The Labute approximate surface area is 338 Å². The fraction of sp³-hybridized carbons (Fsp3) is 0.667. The number of unbranched alkanes of at least 4 members (excludes halogenated alkanes) is 8. The molecule has 2 aliphatic heterocycles. The number of allylic oxidation sites excluding steroid dienone is 4. The monoisotopic (exact) mass is 763 g/mol. The van der Waals surface area contributed by atoms with E-state index < -0.39 is 0 Å². The summed E-state index contributed by atoms with van der Waals surface area (Å²) in [6.45, 7) is 18.2. The van der Waals surface area contributed by atoms with Crippen LogP contribution in [0, 0.1) is 0 Å². The number of H-pyrrole nitrogens is 2. The van der Waals surface area contributed by atoms with E-state index in [2.05, 4.69) is 65.4 Å². The highest BCUT2D eigenvalue weighted by atomic mass is 15.1. The lowest BCUT2D eigenvalue weighted by Gasteiger charge is -2.08. The van der Waals surface area contributed by atoms with Gasteiger partial charge in [-0.1, -0.05) is 107 Å². The van der Waals surface area contributed by atoms with Crippen LogP contribution >= 0.6 is 0 Å². The van der Waals surface area contributed by atoms with Gasteiger partial charge in [0.25, 0.3) is 0 Å². The highest BCUT2D eigenvalue weighted by molar-refractivity contribution is 5.92. The first-order valence-corrected chi connectivity index (χ1v) is 23.2. The molecule has 8 heteroatoms. The van der Waals surface area contributed by atoms with Gasteiger partial charge in [-0.15, -0.1) is 0 Å². The van der Waals surface area contributed by atoms with Gasteiger partial charge in [0.15, 0.2) is 23.3 Å². The zero-order valence-corrected chi connectivity index (χ0v) is 36.7. The van der Waals surface area contributed by atoms with Crippen molar-refractivity contribution in [3.05, 3.63) is 45.6 Å². The molecule has 0 aromatic carbocycles. The van der Waals surface area contributed by atoms with E-state index in [1.54, 1.807) is 0 Å². The van der Waals surface area contributed by atoms with Gasteiger partial charge in [0.2, 0.25) is 0 Å². The largest absolute Gasteiger partial charge is 0.324 e. The number of aromatic nitrogens is 8. The second-order valence-corrected chi connectivity index (χ2v) is 16.3. The minimum absolute atomic E-state index is 0.810. The molecule has 0 aliphatic carbocycles. The standard InChI is InChI=1S/C48H74N8/c1-9-17-25-33-34(26-18-10-2)42-49-41(33)53-43-35(27-19-11-3)36(28-20-12-4)45(50-43)55-47-39(31-23-15-7)40(32-24-16-8)48(52-47)56-46-38(30-22-14-6)37(29-21-13-5)44(51-46)54-42/h9-32H2,1-8H3,(H2,49,50,51,52,53,54,55,56). The molecular formula is C48H74N8. The summed E-state index contributed by atoms with van der Waals surface area (Å²) in [5, 5.41) is 0. The molecule has 8 bridgehead atoms. The molecule has 5 heterocycles. The lowest BCUT2D eigenvalue weighted by atomic mass is 9.98. The van der Waals surface area contributed by atoms with E-state index in [9.17, 15) is 0 Å². The Kier molecular flexibility index (Phi) is 17.3. The van der Waals surface area contributed by atoms with E-state index in [-0.39, 0.29) is 0 Å². The molecule has 0 amide bonds. The maximum atomic E-state index is 5.58. The molecule has 0 spiro atoms. The predicted octanol–water partition coefficient (Wildman–Crippen LogP) is 13.8. The normalized spacial score (nSPS) is 13.1. The van der Waals surface area contributed by atoms with Crippen molar-refractivity contribution in [2.24, 2.45) is 0 Å². The van der Waals surface area contributed by atoms with Crippen LogP contribution in [-0.4, -0.2) is 39.9 Å². The van der Waals surface area contributed by atoms with Gasteiger partial charge in [0, 0.05) is 44.5 Å². The molecule has 3 aromatic heterocycles. The van der Waals surface area contributed by atoms with Crippen molar-refractivity contribution in [2.75, 3.05) is 0 Å². The number of aromatic amines is 2. The van der Waals surface area contributed by atoms with Gasteiger partial charge in [-0.3, -0.25) is 0 Å². The third-order valence-electron chi connectivity index (χ3n) is 11.7. The Bertz CT molecular complexity index is 1820. The first-order valence-electron chi connectivity index (χ1n) is 23.2. The molecule has 2 aliphatic rings. The first kappa shape index (κ1) is 43.4. The summed E-state index contributed by atoms with van der Waals surface area (Å²) in [5.74, 6) is 3.27. The Morgan fingerprint density at radius 3 is 0.732 bits per heavy atom. The smallest absolute Gasteiger partial charge is 0.160 e. The Balaban J connectivity index is 2.01. The van der Waals surface area contributed by atoms with Gasteiger partial charge in [-0.05, 0) is 103 Å². The molecule has 0 fully saturated rings. The minimum atomic E-state index is 0.810. The summed E-state index contributed by atoms with van der Waals surface area (Å²) >= 11 is 0. The molecule has 56 heavy (non-hydrogen) atoms. The summed E-state index contributed by atoms with van der Waals surface area (Å²) in [5.41, 5.74) is 14.0. The number of aryl methyl sites for hydroxylation is 4. The van der Waals surface area contributed by atoms with Crippen molar-refractivity contribution in [2.45, 2.75) is 209 Å². The topological polar surface area (TPSA) is 109 Å². The minimum Gasteiger partial charge on any atom is -0.324 e. The predicted molar refractivity (Wildman–Crippen MR) is 238 cm³/mol. The van der Waals surface area contributed by atoms with Crippen LogP contribution in [-0.2, 0) is 25.7 Å². The van der Waals surface area contributed by atoms with E-state index in [0.717, 1.165) is 200 Å². The van der Waals surface area contributed by atoms with Crippen LogP contribution < -0.4 is 0 Å². The third-order valence-corrected chi connectivity index (χ3v) is 11.7. The SMILES string of the molecule is CCCCC1=C(CCCC)c2nc1nc1nc(nc3[nH]c(nc4[nH]c(n2)c(CCCC)c4CCCC)c(CCCC)c3CCCC)C(CCCC)=C1CCCC. The summed E-state index contributed by atoms with van der Waals surface area (Å²) in [6, 6.07) is 0. The second-order valence-electron chi connectivity index (χ2n) is 16.3. The fourth-order valence-electron chi connectivity index (χ4n) is 8.24. The lowest BCUT2D eigenvalue weighted by molar-refractivity contribution is 0.764. The first-order chi connectivity index (χ1) is 27.5. The average Bonchev–Trinajstić information content (AvgIpc) is 3.90. The van der Waals surface area contributed by atoms with Crippen LogP contribution in [0.1, 0.15) is 229 Å². The number of nitrogens with one attached hydrogen (secondary N) is 2. The molecule has 2 N–H and O–H groups in total. The van der Waals surface area contributed by atoms with Crippen LogP contribution in [0.25, 0.3) is 44.9 Å². The maximum Gasteiger partial charge on any atom is 0.160 e. The van der Waals surface area contributed by atoms with Crippen molar-refractivity contribution in [3.8, 4) is 0 Å². The van der Waals surface area contributed by atoms with Crippen molar-refractivity contribution < 1.29 is 0 Å². The quantitative estimate of drug-likeness (QED) is 0.0940. The number of hydrogen-bond acceptors (Lipinski definition) is 6. The average molecular weight is 763 g/mol. The van der Waals surface area contributed by atoms with Crippen LogP contribution in [0.3, 0.4) is 0 Å². The van der Waals surface area contributed by atoms with Crippen molar-refractivity contribution >= 4 is 44.9 Å². The van der Waals surface area contributed by atoms with E-state index in [4.69, 9.17) is 29.9 Å². The summed E-state index contributed by atoms with van der Waals surface area (Å²) in [4.78, 5) is 40.6. The van der Waals surface area contributed by atoms with Gasteiger partial charge >= 0.3 is 0 Å². The second kappa shape index (κ2) is 22.3. The van der Waals surface area contributed by atoms with Crippen molar-refractivity contribution in [1.29, 1.82) is 0 Å². The van der Waals surface area contributed by atoms with Crippen molar-refractivity contribution in [3.63, 3.8) is 0 Å². The van der Waals surface area contributed by atoms with Crippen LogP contribution in [0.15, 0.2) is 0 Å². The lowest BCUT2D eigenvalue weighted by Crippen LogP contribution is -1.95. The Morgan fingerprint density at radius 2 is 0.482 bits per heavy atom. The highest BCUT2D eigenvalue weighted by Gasteiger charge is 2.27. The molecular weight excluding hydrogens is 689 g/mol.